The van der Waals surface area contributed by atoms with Crippen LogP contribution in [0.3, 0.4) is 0 Å². The molecular weight excluding hydrogens is 238 g/mol. The Labute approximate surface area is 117 Å². The van der Waals surface area contributed by atoms with E-state index in [-0.39, 0.29) is 11.3 Å². The number of ether oxygens (including phenoxy) is 1. The summed E-state index contributed by atoms with van der Waals surface area (Å²) in [5, 5.41) is 21.2. The summed E-state index contributed by atoms with van der Waals surface area (Å²) in [6.07, 6.45) is 5.35. The molecular formula is C16H27NO2. The summed E-state index contributed by atoms with van der Waals surface area (Å²) >= 11 is 0. The highest BCUT2D eigenvalue weighted by molar-refractivity contribution is 5.16. The number of rotatable bonds is 1. The van der Waals surface area contributed by atoms with Crippen molar-refractivity contribution in [3.63, 3.8) is 0 Å². The van der Waals surface area contributed by atoms with E-state index in [1.165, 1.54) is 6.42 Å². The fourth-order valence-electron chi connectivity index (χ4n) is 4.24. The summed E-state index contributed by atoms with van der Waals surface area (Å²) in [6, 6.07) is 2.50. The fourth-order valence-corrected chi connectivity index (χ4v) is 4.24. The first-order chi connectivity index (χ1) is 8.86. The van der Waals surface area contributed by atoms with Crippen molar-refractivity contribution in [2.24, 2.45) is 16.7 Å². The Bertz CT molecular complexity index is 360. The maximum atomic E-state index is 11.5. The molecule has 2 rings (SSSR count). The Morgan fingerprint density at radius 1 is 1.16 bits per heavy atom. The van der Waals surface area contributed by atoms with Crippen molar-refractivity contribution in [2.75, 3.05) is 13.2 Å². The quantitative estimate of drug-likeness (QED) is 0.791. The highest BCUT2D eigenvalue weighted by atomic mass is 16.5. The SMILES string of the molecule is CC(C)(C)C1CCCCC1(O)C1(C#N)CCOCC1. The summed E-state index contributed by atoms with van der Waals surface area (Å²) in [5.41, 5.74) is -1.41. The lowest BCUT2D eigenvalue weighted by molar-refractivity contribution is -0.178. The van der Waals surface area contributed by atoms with Crippen LogP contribution in [-0.4, -0.2) is 23.9 Å². The second-order valence-corrected chi connectivity index (χ2v) is 7.39. The van der Waals surface area contributed by atoms with E-state index in [0.717, 1.165) is 19.3 Å². The average Bonchev–Trinajstić information content (AvgIpc) is 2.38. The third-order valence-electron chi connectivity index (χ3n) is 5.31. The van der Waals surface area contributed by atoms with Crippen LogP contribution in [0.15, 0.2) is 0 Å². The average molecular weight is 265 g/mol. The zero-order valence-corrected chi connectivity index (χ0v) is 12.5. The molecule has 1 heterocycles. The normalized spacial score (nSPS) is 35.6. The van der Waals surface area contributed by atoms with Crippen LogP contribution in [-0.2, 0) is 4.74 Å². The maximum Gasteiger partial charge on any atom is 0.0906 e. The number of aliphatic hydroxyl groups is 1. The van der Waals surface area contributed by atoms with Crippen molar-refractivity contribution in [3.8, 4) is 6.07 Å². The number of nitriles is 1. The van der Waals surface area contributed by atoms with Crippen molar-refractivity contribution >= 4 is 0 Å². The molecule has 1 aliphatic heterocycles. The molecule has 1 saturated heterocycles. The molecule has 2 fully saturated rings. The predicted molar refractivity (Wildman–Crippen MR) is 74.5 cm³/mol. The molecule has 0 amide bonds. The van der Waals surface area contributed by atoms with E-state index >= 15 is 0 Å². The van der Waals surface area contributed by atoms with Gasteiger partial charge in [0.25, 0.3) is 0 Å². The lowest BCUT2D eigenvalue weighted by Crippen LogP contribution is -2.59. The van der Waals surface area contributed by atoms with Crippen LogP contribution in [0.25, 0.3) is 0 Å². The van der Waals surface area contributed by atoms with Gasteiger partial charge < -0.3 is 9.84 Å². The van der Waals surface area contributed by atoms with Crippen LogP contribution in [0, 0.1) is 28.1 Å². The van der Waals surface area contributed by atoms with Crippen LogP contribution < -0.4 is 0 Å². The molecule has 1 aliphatic carbocycles. The standard InChI is InChI=1S/C16H27NO2/c1-14(2,3)13-6-4-5-7-16(13,18)15(12-17)8-10-19-11-9-15/h13,18H,4-11H2,1-3H3. The first-order valence-corrected chi connectivity index (χ1v) is 7.57. The van der Waals surface area contributed by atoms with E-state index in [9.17, 15) is 10.4 Å². The molecule has 1 N–H and O–H groups in total. The maximum absolute atomic E-state index is 11.5. The van der Waals surface area contributed by atoms with Crippen LogP contribution >= 0.6 is 0 Å². The molecule has 0 aromatic heterocycles. The van der Waals surface area contributed by atoms with Gasteiger partial charge in [0.1, 0.15) is 0 Å². The van der Waals surface area contributed by atoms with E-state index in [2.05, 4.69) is 26.8 Å². The zero-order valence-electron chi connectivity index (χ0n) is 12.5. The lowest BCUT2D eigenvalue weighted by atomic mass is 9.52. The van der Waals surface area contributed by atoms with E-state index in [0.29, 0.717) is 26.1 Å². The highest BCUT2D eigenvalue weighted by Crippen LogP contribution is 2.55. The summed E-state index contributed by atoms with van der Waals surface area (Å²) < 4.78 is 5.42. The molecule has 108 valence electrons. The monoisotopic (exact) mass is 265 g/mol. The van der Waals surface area contributed by atoms with Crippen molar-refractivity contribution in [1.29, 1.82) is 5.26 Å². The Kier molecular flexibility index (Phi) is 3.95. The molecule has 3 nitrogen and oxygen atoms in total. The second kappa shape index (κ2) is 5.07. The van der Waals surface area contributed by atoms with Crippen molar-refractivity contribution in [1.82, 2.24) is 0 Å². The molecule has 0 aromatic carbocycles. The first kappa shape index (κ1) is 14.8. The number of hydrogen-bond donors (Lipinski definition) is 1. The van der Waals surface area contributed by atoms with Gasteiger partial charge in [-0.2, -0.15) is 5.26 Å². The Morgan fingerprint density at radius 3 is 2.32 bits per heavy atom. The van der Waals surface area contributed by atoms with Crippen LogP contribution in [0.2, 0.25) is 0 Å². The van der Waals surface area contributed by atoms with E-state index in [1.54, 1.807) is 0 Å². The van der Waals surface area contributed by atoms with Crippen molar-refractivity contribution in [3.05, 3.63) is 0 Å². The summed E-state index contributed by atoms with van der Waals surface area (Å²) in [4.78, 5) is 0. The Balaban J connectivity index is 2.38. The number of nitrogens with zero attached hydrogens (tertiary/aromatic N) is 1. The molecule has 0 aromatic rings. The second-order valence-electron chi connectivity index (χ2n) is 7.39. The van der Waals surface area contributed by atoms with Gasteiger partial charge in [0.05, 0.1) is 17.1 Å². The van der Waals surface area contributed by atoms with Gasteiger partial charge in [0, 0.05) is 13.2 Å². The molecule has 2 unspecified atom stereocenters. The Morgan fingerprint density at radius 2 is 1.79 bits per heavy atom. The molecule has 19 heavy (non-hydrogen) atoms. The minimum absolute atomic E-state index is 0.0390. The summed E-state index contributed by atoms with van der Waals surface area (Å²) in [7, 11) is 0. The fraction of sp³-hybridized carbons (Fsp3) is 0.938. The summed E-state index contributed by atoms with van der Waals surface area (Å²) in [5.74, 6) is 0.200. The molecule has 0 spiro atoms. The number of hydrogen-bond acceptors (Lipinski definition) is 3. The highest BCUT2D eigenvalue weighted by Gasteiger charge is 2.58. The van der Waals surface area contributed by atoms with Crippen molar-refractivity contribution < 1.29 is 9.84 Å². The molecule has 2 aliphatic rings. The van der Waals surface area contributed by atoms with Gasteiger partial charge in [-0.15, -0.1) is 0 Å². The lowest BCUT2D eigenvalue weighted by Gasteiger charge is -2.55. The Hall–Kier alpha value is -0.590. The third-order valence-corrected chi connectivity index (χ3v) is 5.31. The van der Waals surface area contributed by atoms with E-state index in [4.69, 9.17) is 4.74 Å². The van der Waals surface area contributed by atoms with Gasteiger partial charge in [0.2, 0.25) is 0 Å². The topological polar surface area (TPSA) is 53.2 Å². The first-order valence-electron chi connectivity index (χ1n) is 7.57. The van der Waals surface area contributed by atoms with E-state index in [1.807, 2.05) is 0 Å². The predicted octanol–water partition coefficient (Wildman–Crippen LogP) is 3.27. The molecule has 2 atom stereocenters. The van der Waals surface area contributed by atoms with E-state index < -0.39 is 11.0 Å². The van der Waals surface area contributed by atoms with Gasteiger partial charge in [-0.1, -0.05) is 33.6 Å². The van der Waals surface area contributed by atoms with Crippen LogP contribution in [0.5, 0.6) is 0 Å². The molecule has 0 bridgehead atoms. The van der Waals surface area contributed by atoms with Gasteiger partial charge in [-0.25, -0.2) is 0 Å². The van der Waals surface area contributed by atoms with Gasteiger partial charge in [-0.3, -0.25) is 0 Å². The minimum Gasteiger partial charge on any atom is -0.388 e. The van der Waals surface area contributed by atoms with Crippen molar-refractivity contribution in [2.45, 2.75) is 64.9 Å². The van der Waals surface area contributed by atoms with Crippen LogP contribution in [0.1, 0.15) is 59.3 Å². The zero-order chi connectivity index (χ0) is 14.1. The van der Waals surface area contributed by atoms with Gasteiger partial charge in [-0.05, 0) is 37.0 Å². The molecule has 1 saturated carbocycles. The molecule has 3 heteroatoms. The van der Waals surface area contributed by atoms with Crippen LogP contribution in [0.4, 0.5) is 0 Å². The minimum atomic E-state index is -0.845. The van der Waals surface area contributed by atoms with Gasteiger partial charge >= 0.3 is 0 Å². The smallest absolute Gasteiger partial charge is 0.0906 e. The summed E-state index contributed by atoms with van der Waals surface area (Å²) in [6.45, 7) is 7.79. The third kappa shape index (κ3) is 2.41. The molecule has 0 radical (unpaired) electrons. The largest absolute Gasteiger partial charge is 0.388 e. The van der Waals surface area contributed by atoms with Gasteiger partial charge in [0.15, 0.2) is 0 Å².